The highest BCUT2D eigenvalue weighted by Crippen LogP contribution is 2.21. The molecule has 0 aromatic carbocycles. The Morgan fingerprint density at radius 1 is 1.36 bits per heavy atom. The van der Waals surface area contributed by atoms with Gasteiger partial charge in [0.25, 0.3) is 0 Å². The molecule has 1 aliphatic rings. The molecule has 82 valence electrons. The van der Waals surface area contributed by atoms with Crippen molar-refractivity contribution in [3.05, 3.63) is 0 Å². The molecule has 14 heavy (non-hydrogen) atoms. The largest absolute Gasteiger partial charge is 0.359 e. The first-order valence-electron chi connectivity index (χ1n) is 5.72. The molecule has 1 saturated carbocycles. The van der Waals surface area contributed by atoms with E-state index < -0.39 is 0 Å². The van der Waals surface area contributed by atoms with E-state index in [9.17, 15) is 4.79 Å². The summed E-state index contributed by atoms with van der Waals surface area (Å²) in [6.07, 6.45) is 8.75. The Morgan fingerprint density at radius 3 is 2.71 bits per heavy atom. The molecule has 0 radical (unpaired) electrons. The van der Waals surface area contributed by atoms with Crippen molar-refractivity contribution in [1.29, 1.82) is 0 Å². The van der Waals surface area contributed by atoms with Gasteiger partial charge >= 0.3 is 0 Å². The molecule has 1 fully saturated rings. The standard InChI is InChI=1S/C11H22N2O/c1-13(9-5-8-12-10-14)11-6-3-2-4-7-11/h10-11H,2-9H2,1H3,(H,12,14). The number of nitrogens with one attached hydrogen (secondary N) is 1. The summed E-state index contributed by atoms with van der Waals surface area (Å²) in [6, 6.07) is 0.792. The van der Waals surface area contributed by atoms with Crippen LogP contribution in [0.4, 0.5) is 0 Å². The van der Waals surface area contributed by atoms with Crippen molar-refractivity contribution in [1.82, 2.24) is 10.2 Å². The van der Waals surface area contributed by atoms with Crippen molar-refractivity contribution in [2.24, 2.45) is 0 Å². The minimum absolute atomic E-state index is 0.778. The summed E-state index contributed by atoms with van der Waals surface area (Å²) in [5.41, 5.74) is 0. The smallest absolute Gasteiger partial charge is 0.207 e. The first-order chi connectivity index (χ1) is 6.84. The van der Waals surface area contributed by atoms with E-state index in [4.69, 9.17) is 0 Å². The summed E-state index contributed by atoms with van der Waals surface area (Å²) in [4.78, 5) is 12.5. The van der Waals surface area contributed by atoms with E-state index in [2.05, 4.69) is 17.3 Å². The molecule has 0 heterocycles. The zero-order chi connectivity index (χ0) is 10.2. The van der Waals surface area contributed by atoms with Gasteiger partial charge in [-0.15, -0.1) is 0 Å². The lowest BCUT2D eigenvalue weighted by Crippen LogP contribution is -2.35. The Hall–Kier alpha value is -0.570. The molecular formula is C11H22N2O. The van der Waals surface area contributed by atoms with Gasteiger partial charge in [-0.1, -0.05) is 19.3 Å². The van der Waals surface area contributed by atoms with Crippen LogP contribution >= 0.6 is 0 Å². The van der Waals surface area contributed by atoms with E-state index in [-0.39, 0.29) is 0 Å². The second-order valence-corrected chi connectivity index (χ2v) is 4.20. The Labute approximate surface area is 86.9 Å². The average Bonchev–Trinajstić information content (AvgIpc) is 2.25. The molecule has 0 aromatic heterocycles. The van der Waals surface area contributed by atoms with Crippen molar-refractivity contribution < 1.29 is 4.79 Å². The van der Waals surface area contributed by atoms with Gasteiger partial charge in [-0.3, -0.25) is 4.79 Å². The van der Waals surface area contributed by atoms with Crippen LogP contribution in [0.1, 0.15) is 38.5 Å². The van der Waals surface area contributed by atoms with Gasteiger partial charge in [0, 0.05) is 12.6 Å². The van der Waals surface area contributed by atoms with Gasteiger partial charge in [-0.2, -0.15) is 0 Å². The monoisotopic (exact) mass is 198 g/mol. The van der Waals surface area contributed by atoms with E-state index in [0.29, 0.717) is 0 Å². The van der Waals surface area contributed by atoms with Gasteiger partial charge < -0.3 is 10.2 Å². The van der Waals surface area contributed by atoms with Crippen molar-refractivity contribution >= 4 is 6.41 Å². The Kier molecular flexibility index (Phi) is 5.60. The summed E-state index contributed by atoms with van der Waals surface area (Å²) < 4.78 is 0. The van der Waals surface area contributed by atoms with Crippen molar-refractivity contribution in [2.45, 2.75) is 44.6 Å². The quantitative estimate of drug-likeness (QED) is 0.516. The summed E-state index contributed by atoms with van der Waals surface area (Å²) in [7, 11) is 2.21. The normalized spacial score (nSPS) is 18.4. The molecule has 0 saturated heterocycles. The summed E-state index contributed by atoms with van der Waals surface area (Å²) in [6.45, 7) is 1.91. The number of rotatable bonds is 6. The van der Waals surface area contributed by atoms with Crippen molar-refractivity contribution in [3.8, 4) is 0 Å². The highest BCUT2D eigenvalue weighted by molar-refractivity contribution is 5.45. The maximum atomic E-state index is 10.0. The lowest BCUT2D eigenvalue weighted by molar-refractivity contribution is -0.109. The fourth-order valence-corrected chi connectivity index (χ4v) is 2.19. The molecule has 3 nitrogen and oxygen atoms in total. The molecule has 3 heteroatoms. The predicted molar refractivity (Wildman–Crippen MR) is 58.2 cm³/mol. The third-order valence-electron chi connectivity index (χ3n) is 3.11. The van der Waals surface area contributed by atoms with Crippen LogP contribution in [0.5, 0.6) is 0 Å². The first-order valence-corrected chi connectivity index (χ1v) is 5.72. The van der Waals surface area contributed by atoms with Crippen molar-refractivity contribution in [3.63, 3.8) is 0 Å². The van der Waals surface area contributed by atoms with Gasteiger partial charge in [-0.25, -0.2) is 0 Å². The molecule has 1 N–H and O–H groups in total. The summed E-state index contributed by atoms with van der Waals surface area (Å²) in [5.74, 6) is 0. The molecule has 0 atom stereocenters. The highest BCUT2D eigenvalue weighted by Gasteiger charge is 2.16. The third kappa shape index (κ3) is 4.09. The maximum absolute atomic E-state index is 10.0. The second kappa shape index (κ2) is 6.82. The molecule has 1 rings (SSSR count). The summed E-state index contributed by atoms with van der Waals surface area (Å²) >= 11 is 0. The molecule has 0 aromatic rings. The predicted octanol–water partition coefficient (Wildman–Crippen LogP) is 1.39. The van der Waals surface area contributed by atoms with Gasteiger partial charge in [0.15, 0.2) is 0 Å². The van der Waals surface area contributed by atoms with Crippen LogP contribution in [0.25, 0.3) is 0 Å². The van der Waals surface area contributed by atoms with Crippen molar-refractivity contribution in [2.75, 3.05) is 20.1 Å². The van der Waals surface area contributed by atoms with Crippen LogP contribution in [0.2, 0.25) is 0 Å². The maximum Gasteiger partial charge on any atom is 0.207 e. The molecule has 0 unspecified atom stereocenters. The average molecular weight is 198 g/mol. The minimum Gasteiger partial charge on any atom is -0.359 e. The highest BCUT2D eigenvalue weighted by atomic mass is 16.1. The lowest BCUT2D eigenvalue weighted by atomic mass is 9.94. The Balaban J connectivity index is 2.06. The van der Waals surface area contributed by atoms with Crippen LogP contribution < -0.4 is 5.32 Å². The third-order valence-corrected chi connectivity index (χ3v) is 3.11. The number of amides is 1. The summed E-state index contributed by atoms with van der Waals surface area (Å²) in [5, 5.41) is 2.70. The van der Waals surface area contributed by atoms with Gasteiger partial charge in [0.05, 0.1) is 0 Å². The minimum atomic E-state index is 0.778. The van der Waals surface area contributed by atoms with Crippen LogP contribution in [0.3, 0.4) is 0 Å². The van der Waals surface area contributed by atoms with E-state index in [1.165, 1.54) is 32.1 Å². The number of carbonyl (C=O) groups excluding carboxylic acids is 1. The van der Waals surface area contributed by atoms with E-state index in [1.54, 1.807) is 0 Å². The van der Waals surface area contributed by atoms with Gasteiger partial charge in [0.1, 0.15) is 0 Å². The van der Waals surface area contributed by atoms with E-state index in [1.807, 2.05) is 0 Å². The first kappa shape index (κ1) is 11.5. The molecule has 0 bridgehead atoms. The number of carbonyl (C=O) groups is 1. The topological polar surface area (TPSA) is 32.3 Å². The fraction of sp³-hybridized carbons (Fsp3) is 0.909. The zero-order valence-electron chi connectivity index (χ0n) is 9.17. The SMILES string of the molecule is CN(CCCNC=O)C1CCCCC1. The Bertz CT molecular complexity index is 155. The fourth-order valence-electron chi connectivity index (χ4n) is 2.19. The van der Waals surface area contributed by atoms with Gasteiger partial charge in [-0.05, 0) is 32.9 Å². The number of hydrogen-bond donors (Lipinski definition) is 1. The van der Waals surface area contributed by atoms with Crippen LogP contribution in [-0.4, -0.2) is 37.5 Å². The Morgan fingerprint density at radius 2 is 2.07 bits per heavy atom. The molecular weight excluding hydrogens is 176 g/mol. The lowest BCUT2D eigenvalue weighted by Gasteiger charge is -2.31. The van der Waals surface area contributed by atoms with Crippen LogP contribution in [-0.2, 0) is 4.79 Å². The zero-order valence-corrected chi connectivity index (χ0v) is 9.17. The second-order valence-electron chi connectivity index (χ2n) is 4.20. The van der Waals surface area contributed by atoms with Gasteiger partial charge in [0.2, 0.25) is 6.41 Å². The number of hydrogen-bond acceptors (Lipinski definition) is 2. The molecule has 0 spiro atoms. The molecule has 1 amide bonds. The van der Waals surface area contributed by atoms with E-state index >= 15 is 0 Å². The molecule has 0 aliphatic heterocycles. The molecule has 1 aliphatic carbocycles. The van der Waals surface area contributed by atoms with E-state index in [0.717, 1.165) is 32.0 Å². The van der Waals surface area contributed by atoms with Crippen LogP contribution in [0.15, 0.2) is 0 Å². The number of nitrogens with zero attached hydrogens (tertiary/aromatic N) is 1. The van der Waals surface area contributed by atoms with Crippen LogP contribution in [0, 0.1) is 0 Å².